The van der Waals surface area contributed by atoms with E-state index in [1.165, 1.54) is 0 Å². The molecule has 96 valence electrons. The summed E-state index contributed by atoms with van der Waals surface area (Å²) in [4.78, 5) is 2.28. The Morgan fingerprint density at radius 1 is 1.38 bits per heavy atom. The van der Waals surface area contributed by atoms with Crippen LogP contribution in [0.1, 0.15) is 27.2 Å². The highest BCUT2D eigenvalue weighted by Crippen LogP contribution is 2.13. The second-order valence-electron chi connectivity index (χ2n) is 5.13. The van der Waals surface area contributed by atoms with Crippen molar-refractivity contribution in [1.82, 2.24) is 10.2 Å². The van der Waals surface area contributed by atoms with Crippen molar-refractivity contribution < 1.29 is 9.84 Å². The molecular weight excluding hydrogens is 204 g/mol. The first kappa shape index (κ1) is 13.9. The van der Waals surface area contributed by atoms with Crippen LogP contribution in [0.15, 0.2) is 0 Å². The van der Waals surface area contributed by atoms with Gasteiger partial charge in [0.1, 0.15) is 0 Å². The van der Waals surface area contributed by atoms with E-state index in [4.69, 9.17) is 4.74 Å². The molecule has 0 saturated carbocycles. The molecule has 0 bridgehead atoms. The molecule has 1 rings (SSSR count). The summed E-state index contributed by atoms with van der Waals surface area (Å²) in [7, 11) is 0. The highest BCUT2D eigenvalue weighted by molar-refractivity contribution is 4.72. The standard InChI is InChI=1S/C12H26N2O2/c1-4-12(2,3)16-10-11(15)9-14-7-5-13-6-8-14/h11,13,15H,4-10H2,1-3H3. The predicted molar refractivity (Wildman–Crippen MR) is 65.6 cm³/mol. The van der Waals surface area contributed by atoms with Crippen LogP contribution in [-0.2, 0) is 4.74 Å². The zero-order valence-corrected chi connectivity index (χ0v) is 10.8. The Labute approximate surface area is 99.0 Å². The van der Waals surface area contributed by atoms with Gasteiger partial charge in [-0.1, -0.05) is 6.92 Å². The number of β-amino-alcohol motifs (C(OH)–C–C–N with tert-alkyl or cyclic N) is 1. The minimum atomic E-state index is -0.371. The van der Waals surface area contributed by atoms with Crippen LogP contribution < -0.4 is 5.32 Å². The Morgan fingerprint density at radius 2 is 2.00 bits per heavy atom. The number of rotatable bonds is 6. The molecule has 1 aliphatic heterocycles. The fraction of sp³-hybridized carbons (Fsp3) is 1.00. The largest absolute Gasteiger partial charge is 0.389 e. The van der Waals surface area contributed by atoms with Gasteiger partial charge < -0.3 is 15.2 Å². The first-order valence-corrected chi connectivity index (χ1v) is 6.28. The summed E-state index contributed by atoms with van der Waals surface area (Å²) < 4.78 is 5.69. The van der Waals surface area contributed by atoms with Crippen molar-refractivity contribution >= 4 is 0 Å². The van der Waals surface area contributed by atoms with Crippen LogP contribution in [-0.4, -0.2) is 61.0 Å². The van der Waals surface area contributed by atoms with Gasteiger partial charge in [-0.25, -0.2) is 0 Å². The quantitative estimate of drug-likeness (QED) is 0.696. The van der Waals surface area contributed by atoms with Gasteiger partial charge in [-0.3, -0.25) is 4.90 Å². The third-order valence-corrected chi connectivity index (χ3v) is 3.20. The fourth-order valence-electron chi connectivity index (χ4n) is 1.67. The Hall–Kier alpha value is -0.160. The van der Waals surface area contributed by atoms with Crippen LogP contribution in [0, 0.1) is 0 Å². The summed E-state index contributed by atoms with van der Waals surface area (Å²) in [6, 6.07) is 0. The van der Waals surface area contributed by atoms with E-state index >= 15 is 0 Å². The first-order valence-electron chi connectivity index (χ1n) is 6.28. The zero-order chi connectivity index (χ0) is 12.0. The Kier molecular flexibility index (Phi) is 5.69. The molecule has 2 N–H and O–H groups in total. The van der Waals surface area contributed by atoms with E-state index in [1.54, 1.807) is 0 Å². The maximum Gasteiger partial charge on any atom is 0.0900 e. The predicted octanol–water partition coefficient (Wildman–Crippen LogP) is 0.458. The molecule has 1 saturated heterocycles. The lowest BCUT2D eigenvalue weighted by molar-refractivity contribution is -0.0676. The molecule has 1 atom stereocenters. The molecule has 16 heavy (non-hydrogen) atoms. The molecule has 1 aliphatic rings. The number of piperazine rings is 1. The van der Waals surface area contributed by atoms with Gasteiger partial charge in [0.15, 0.2) is 0 Å². The number of nitrogens with zero attached hydrogens (tertiary/aromatic N) is 1. The lowest BCUT2D eigenvalue weighted by atomic mass is 10.1. The number of hydrogen-bond donors (Lipinski definition) is 2. The van der Waals surface area contributed by atoms with Gasteiger partial charge >= 0.3 is 0 Å². The summed E-state index contributed by atoms with van der Waals surface area (Å²) in [5.41, 5.74) is -0.121. The van der Waals surface area contributed by atoms with Crippen LogP contribution in [0.25, 0.3) is 0 Å². The maximum atomic E-state index is 9.87. The van der Waals surface area contributed by atoms with E-state index in [-0.39, 0.29) is 11.7 Å². The average Bonchev–Trinajstić information content (AvgIpc) is 2.28. The summed E-state index contributed by atoms with van der Waals surface area (Å²) in [6.45, 7) is 11.5. The fourth-order valence-corrected chi connectivity index (χ4v) is 1.67. The highest BCUT2D eigenvalue weighted by atomic mass is 16.5. The molecule has 0 aromatic rings. The van der Waals surface area contributed by atoms with Gasteiger partial charge in [0.2, 0.25) is 0 Å². The summed E-state index contributed by atoms with van der Waals surface area (Å²) in [6.07, 6.45) is 0.594. The topological polar surface area (TPSA) is 44.7 Å². The third-order valence-electron chi connectivity index (χ3n) is 3.20. The molecule has 0 amide bonds. The van der Waals surface area contributed by atoms with Gasteiger partial charge in [0.25, 0.3) is 0 Å². The summed E-state index contributed by atoms with van der Waals surface area (Å²) in [5, 5.41) is 13.2. The number of aliphatic hydroxyl groups excluding tert-OH is 1. The second kappa shape index (κ2) is 6.55. The van der Waals surface area contributed by atoms with Crippen LogP contribution in [0.4, 0.5) is 0 Å². The molecule has 1 unspecified atom stereocenters. The van der Waals surface area contributed by atoms with Crippen molar-refractivity contribution in [3.63, 3.8) is 0 Å². The number of hydrogen-bond acceptors (Lipinski definition) is 4. The minimum Gasteiger partial charge on any atom is -0.389 e. The Morgan fingerprint density at radius 3 is 2.56 bits per heavy atom. The van der Waals surface area contributed by atoms with Crippen LogP contribution in [0.3, 0.4) is 0 Å². The summed E-state index contributed by atoms with van der Waals surface area (Å²) in [5.74, 6) is 0. The molecule has 1 fully saturated rings. The maximum absolute atomic E-state index is 9.87. The van der Waals surface area contributed by atoms with Crippen molar-refractivity contribution in [3.05, 3.63) is 0 Å². The SMILES string of the molecule is CCC(C)(C)OCC(O)CN1CCNCC1. The van der Waals surface area contributed by atoms with Gasteiger partial charge in [-0.05, 0) is 20.3 Å². The molecule has 0 spiro atoms. The zero-order valence-electron chi connectivity index (χ0n) is 10.8. The lowest BCUT2D eigenvalue weighted by Gasteiger charge is -2.30. The minimum absolute atomic E-state index is 0.121. The van der Waals surface area contributed by atoms with E-state index < -0.39 is 0 Å². The van der Waals surface area contributed by atoms with Crippen LogP contribution >= 0.6 is 0 Å². The lowest BCUT2D eigenvalue weighted by Crippen LogP contribution is -2.47. The number of nitrogens with one attached hydrogen (secondary N) is 1. The van der Waals surface area contributed by atoms with Crippen molar-refractivity contribution in [2.45, 2.75) is 38.9 Å². The molecule has 4 nitrogen and oxygen atoms in total. The van der Waals surface area contributed by atoms with Crippen molar-refractivity contribution in [3.8, 4) is 0 Å². The molecule has 4 heteroatoms. The van der Waals surface area contributed by atoms with E-state index in [1.807, 2.05) is 0 Å². The smallest absolute Gasteiger partial charge is 0.0900 e. The normalized spacial score (nSPS) is 21.0. The highest BCUT2D eigenvalue weighted by Gasteiger charge is 2.19. The van der Waals surface area contributed by atoms with Crippen LogP contribution in [0.5, 0.6) is 0 Å². The van der Waals surface area contributed by atoms with Gasteiger partial charge in [0.05, 0.1) is 18.3 Å². The first-order chi connectivity index (χ1) is 7.53. The Balaban J connectivity index is 2.17. The van der Waals surface area contributed by atoms with E-state index in [9.17, 15) is 5.11 Å². The average molecular weight is 230 g/mol. The molecule has 0 aromatic carbocycles. The molecule has 1 heterocycles. The summed E-state index contributed by atoms with van der Waals surface area (Å²) >= 11 is 0. The van der Waals surface area contributed by atoms with Gasteiger partial charge in [-0.2, -0.15) is 0 Å². The van der Waals surface area contributed by atoms with Crippen molar-refractivity contribution in [1.29, 1.82) is 0 Å². The van der Waals surface area contributed by atoms with Crippen LogP contribution in [0.2, 0.25) is 0 Å². The van der Waals surface area contributed by atoms with Gasteiger partial charge in [-0.15, -0.1) is 0 Å². The second-order valence-corrected chi connectivity index (χ2v) is 5.13. The molecule has 0 aromatic heterocycles. The number of ether oxygens (including phenoxy) is 1. The molecular formula is C12H26N2O2. The van der Waals surface area contributed by atoms with Gasteiger partial charge in [0, 0.05) is 32.7 Å². The molecule has 0 aliphatic carbocycles. The van der Waals surface area contributed by atoms with Crippen molar-refractivity contribution in [2.24, 2.45) is 0 Å². The Bertz CT molecular complexity index is 191. The van der Waals surface area contributed by atoms with Crippen molar-refractivity contribution in [2.75, 3.05) is 39.3 Å². The number of aliphatic hydroxyl groups is 1. The molecule has 0 radical (unpaired) electrons. The van der Waals surface area contributed by atoms with E-state index in [2.05, 4.69) is 31.0 Å². The monoisotopic (exact) mass is 230 g/mol. The van der Waals surface area contributed by atoms with E-state index in [0.717, 1.165) is 39.1 Å². The third kappa shape index (κ3) is 5.25. The van der Waals surface area contributed by atoms with E-state index in [0.29, 0.717) is 6.61 Å².